The topological polar surface area (TPSA) is 64.2 Å². The van der Waals surface area contributed by atoms with E-state index in [2.05, 4.69) is 14.9 Å². The van der Waals surface area contributed by atoms with E-state index in [1.807, 2.05) is 0 Å². The van der Waals surface area contributed by atoms with Crippen LogP contribution in [0, 0.1) is 11.6 Å². The lowest BCUT2D eigenvalue weighted by Gasteiger charge is -2.28. The molecule has 1 saturated carbocycles. The number of halogens is 2. The van der Waals surface area contributed by atoms with E-state index in [1.165, 1.54) is 12.1 Å². The zero-order valence-electron chi connectivity index (χ0n) is 13.3. The SMILES string of the molecule is CN(O)SNC1CCC(c2[nH]nc(-c3cccc(F)c3)c2F)CC1. The number of nitrogens with zero attached hydrogens (tertiary/aromatic N) is 2. The molecular weight excluding hydrogens is 334 g/mol. The van der Waals surface area contributed by atoms with Crippen molar-refractivity contribution in [1.82, 2.24) is 19.4 Å². The van der Waals surface area contributed by atoms with Crippen LogP contribution in [0.15, 0.2) is 24.3 Å². The first-order valence-corrected chi connectivity index (χ1v) is 8.66. The largest absolute Gasteiger partial charge is 0.302 e. The highest BCUT2D eigenvalue weighted by atomic mass is 32.2. The molecule has 1 aliphatic carbocycles. The zero-order chi connectivity index (χ0) is 17.1. The van der Waals surface area contributed by atoms with Gasteiger partial charge in [-0.05, 0) is 37.8 Å². The second-order valence-corrected chi connectivity index (χ2v) is 6.98. The van der Waals surface area contributed by atoms with Crippen molar-refractivity contribution in [2.75, 3.05) is 7.05 Å². The summed E-state index contributed by atoms with van der Waals surface area (Å²) in [6.45, 7) is 0. The first-order chi connectivity index (χ1) is 11.5. The predicted molar refractivity (Wildman–Crippen MR) is 89.2 cm³/mol. The predicted octanol–water partition coefficient (Wildman–Crippen LogP) is 3.85. The molecule has 1 aromatic heterocycles. The number of H-pyrrole nitrogens is 1. The van der Waals surface area contributed by atoms with Gasteiger partial charge >= 0.3 is 0 Å². The molecule has 130 valence electrons. The van der Waals surface area contributed by atoms with Gasteiger partial charge in [0.05, 0.1) is 5.69 Å². The summed E-state index contributed by atoms with van der Waals surface area (Å²) in [4.78, 5) is 0. The average Bonchev–Trinajstić information content (AvgIpc) is 2.95. The summed E-state index contributed by atoms with van der Waals surface area (Å²) in [6.07, 6.45) is 3.43. The summed E-state index contributed by atoms with van der Waals surface area (Å²) >= 11 is 1.15. The summed E-state index contributed by atoms with van der Waals surface area (Å²) in [6, 6.07) is 6.09. The second kappa shape index (κ2) is 7.60. The first-order valence-electron chi connectivity index (χ1n) is 7.89. The van der Waals surface area contributed by atoms with Crippen LogP contribution in [0.25, 0.3) is 11.3 Å². The van der Waals surface area contributed by atoms with E-state index in [-0.39, 0.29) is 23.5 Å². The minimum absolute atomic E-state index is 0.0784. The van der Waals surface area contributed by atoms with E-state index in [0.717, 1.165) is 42.3 Å². The molecule has 1 aromatic carbocycles. The molecule has 0 spiro atoms. The van der Waals surface area contributed by atoms with Crippen molar-refractivity contribution in [2.45, 2.75) is 37.6 Å². The smallest absolute Gasteiger partial charge is 0.172 e. The molecule has 0 radical (unpaired) electrons. The fourth-order valence-electron chi connectivity index (χ4n) is 3.09. The molecule has 0 atom stereocenters. The van der Waals surface area contributed by atoms with Crippen LogP contribution < -0.4 is 4.72 Å². The van der Waals surface area contributed by atoms with Gasteiger partial charge in [-0.25, -0.2) is 13.5 Å². The molecular formula is C16H20F2N4OS. The summed E-state index contributed by atoms with van der Waals surface area (Å²) in [7, 11) is 1.55. The van der Waals surface area contributed by atoms with Crippen LogP contribution in [0.4, 0.5) is 8.78 Å². The van der Waals surface area contributed by atoms with E-state index in [4.69, 9.17) is 5.21 Å². The molecule has 0 bridgehead atoms. The molecule has 3 N–H and O–H groups in total. The van der Waals surface area contributed by atoms with Gasteiger partial charge in [-0.3, -0.25) is 5.10 Å². The van der Waals surface area contributed by atoms with E-state index < -0.39 is 5.82 Å². The fraction of sp³-hybridized carbons (Fsp3) is 0.438. The molecule has 2 aromatic rings. The minimum Gasteiger partial charge on any atom is -0.302 e. The van der Waals surface area contributed by atoms with Gasteiger partial charge in [0.2, 0.25) is 0 Å². The van der Waals surface area contributed by atoms with Crippen LogP contribution in [0.1, 0.15) is 37.3 Å². The molecule has 3 rings (SSSR count). The third-order valence-electron chi connectivity index (χ3n) is 4.32. The Morgan fingerprint density at radius 3 is 2.71 bits per heavy atom. The molecule has 0 amide bonds. The molecule has 8 heteroatoms. The lowest BCUT2D eigenvalue weighted by molar-refractivity contribution is 0.0438. The van der Waals surface area contributed by atoms with Crippen molar-refractivity contribution in [2.24, 2.45) is 0 Å². The minimum atomic E-state index is -0.408. The number of benzene rings is 1. The van der Waals surface area contributed by atoms with Crippen molar-refractivity contribution in [3.63, 3.8) is 0 Å². The number of aromatic nitrogens is 2. The van der Waals surface area contributed by atoms with Crippen molar-refractivity contribution in [1.29, 1.82) is 0 Å². The Morgan fingerprint density at radius 2 is 2.04 bits per heavy atom. The van der Waals surface area contributed by atoms with E-state index >= 15 is 0 Å². The molecule has 1 fully saturated rings. The quantitative estimate of drug-likeness (QED) is 0.562. The van der Waals surface area contributed by atoms with Gasteiger partial charge in [0.15, 0.2) is 5.82 Å². The van der Waals surface area contributed by atoms with Gasteiger partial charge in [-0.2, -0.15) is 5.10 Å². The summed E-state index contributed by atoms with van der Waals surface area (Å²) in [5.41, 5.74) is 1.11. The normalized spacial score (nSPS) is 21.4. The van der Waals surface area contributed by atoms with Gasteiger partial charge < -0.3 is 5.21 Å². The summed E-state index contributed by atoms with van der Waals surface area (Å²) in [5.74, 6) is -0.717. The van der Waals surface area contributed by atoms with Gasteiger partial charge in [0.1, 0.15) is 11.5 Å². The highest BCUT2D eigenvalue weighted by Crippen LogP contribution is 2.36. The van der Waals surface area contributed by atoms with Crippen LogP contribution in [-0.4, -0.2) is 33.0 Å². The van der Waals surface area contributed by atoms with Gasteiger partial charge in [-0.1, -0.05) is 12.1 Å². The molecule has 1 heterocycles. The Kier molecular flexibility index (Phi) is 5.50. The number of nitrogens with one attached hydrogen (secondary N) is 2. The highest BCUT2D eigenvalue weighted by molar-refractivity contribution is 7.94. The van der Waals surface area contributed by atoms with E-state index in [1.54, 1.807) is 19.2 Å². The van der Waals surface area contributed by atoms with Crippen molar-refractivity contribution in [3.05, 3.63) is 41.6 Å². The van der Waals surface area contributed by atoms with Crippen molar-refractivity contribution < 1.29 is 14.0 Å². The monoisotopic (exact) mass is 354 g/mol. The third-order valence-corrected chi connectivity index (χ3v) is 5.02. The number of rotatable bonds is 5. The lowest BCUT2D eigenvalue weighted by Crippen LogP contribution is -2.30. The van der Waals surface area contributed by atoms with Gasteiger partial charge in [-0.15, -0.1) is 4.47 Å². The summed E-state index contributed by atoms with van der Waals surface area (Å²) < 4.78 is 32.2. The first kappa shape index (κ1) is 17.3. The molecule has 24 heavy (non-hydrogen) atoms. The maximum atomic E-state index is 14.7. The molecule has 5 nitrogen and oxygen atoms in total. The van der Waals surface area contributed by atoms with Gasteiger partial charge in [0, 0.05) is 36.7 Å². The Hall–Kier alpha value is -1.48. The maximum absolute atomic E-state index is 14.7. The average molecular weight is 354 g/mol. The van der Waals surface area contributed by atoms with Crippen molar-refractivity contribution >= 4 is 12.1 Å². The number of hydrogen-bond donors (Lipinski definition) is 3. The van der Waals surface area contributed by atoms with E-state index in [0.29, 0.717) is 11.3 Å². The Balaban J connectivity index is 1.67. The second-order valence-electron chi connectivity index (χ2n) is 6.03. The summed E-state index contributed by atoms with van der Waals surface area (Å²) in [5, 5.41) is 16.0. The van der Waals surface area contributed by atoms with Crippen LogP contribution >= 0.6 is 12.1 Å². The Labute approximate surface area is 143 Å². The van der Waals surface area contributed by atoms with Crippen LogP contribution in [0.5, 0.6) is 0 Å². The highest BCUT2D eigenvalue weighted by Gasteiger charge is 2.27. The standard InChI is InChI=1S/C16H20F2N4OS/c1-22(23)24-21-13-7-5-10(6-8-13)15-14(18)16(20-19-15)11-3-2-4-12(17)9-11/h2-4,9-10,13,21,23H,5-8H2,1H3,(H,19,20). The zero-order valence-corrected chi connectivity index (χ0v) is 14.1. The Morgan fingerprint density at radius 1 is 1.29 bits per heavy atom. The number of hydrogen-bond acceptors (Lipinski definition) is 5. The van der Waals surface area contributed by atoms with Crippen molar-refractivity contribution in [3.8, 4) is 11.3 Å². The van der Waals surface area contributed by atoms with E-state index in [9.17, 15) is 8.78 Å². The van der Waals surface area contributed by atoms with Crippen LogP contribution in [-0.2, 0) is 0 Å². The van der Waals surface area contributed by atoms with Gasteiger partial charge in [0.25, 0.3) is 0 Å². The third kappa shape index (κ3) is 3.94. The molecule has 0 saturated heterocycles. The lowest BCUT2D eigenvalue weighted by atomic mass is 9.84. The molecule has 0 aliphatic heterocycles. The molecule has 0 unspecified atom stereocenters. The Bertz CT molecular complexity index is 686. The fourth-order valence-corrected chi connectivity index (χ4v) is 3.63. The number of hydroxylamine groups is 1. The van der Waals surface area contributed by atoms with Crippen LogP contribution in [0.2, 0.25) is 0 Å². The number of aromatic amines is 1. The van der Waals surface area contributed by atoms with Crippen LogP contribution in [0.3, 0.4) is 0 Å². The maximum Gasteiger partial charge on any atom is 0.172 e. The molecule has 1 aliphatic rings.